The Kier molecular flexibility index (Phi) is 7.00. The Morgan fingerprint density at radius 2 is 2.29 bits per heavy atom. The number of carbonyl (C=O) groups is 1. The number of hydrogen-bond acceptors (Lipinski definition) is 4. The molecule has 0 aliphatic rings. The second kappa shape index (κ2) is 8.50. The van der Waals surface area contributed by atoms with E-state index in [2.05, 4.69) is 16.3 Å². The van der Waals surface area contributed by atoms with Crippen molar-refractivity contribution in [3.8, 4) is 6.07 Å². The van der Waals surface area contributed by atoms with E-state index >= 15 is 0 Å². The van der Waals surface area contributed by atoms with E-state index in [-0.39, 0.29) is 11.9 Å². The van der Waals surface area contributed by atoms with Crippen LogP contribution >= 0.6 is 11.6 Å². The first-order chi connectivity index (χ1) is 9.93. The van der Waals surface area contributed by atoms with Gasteiger partial charge in [-0.15, -0.1) is 0 Å². The lowest BCUT2D eigenvalue weighted by Crippen LogP contribution is -2.30. The van der Waals surface area contributed by atoms with Crippen molar-refractivity contribution in [2.75, 3.05) is 24.6 Å². The monoisotopic (exact) mass is 308 g/mol. The van der Waals surface area contributed by atoms with Gasteiger partial charge < -0.3 is 16.0 Å². The zero-order chi connectivity index (χ0) is 15.8. The van der Waals surface area contributed by atoms with Crippen molar-refractivity contribution in [1.82, 2.24) is 4.90 Å². The fraction of sp³-hybridized carbons (Fsp3) is 0.467. The summed E-state index contributed by atoms with van der Waals surface area (Å²) in [5.74, 6) is -0.0574. The number of halogens is 1. The van der Waals surface area contributed by atoms with Gasteiger partial charge in [0.2, 0.25) is 5.91 Å². The normalized spacial score (nSPS) is 12.0. The van der Waals surface area contributed by atoms with Crippen LogP contribution in [-0.4, -0.2) is 30.4 Å². The molecule has 0 bridgehead atoms. The maximum absolute atomic E-state index is 11.8. The first-order valence-corrected chi connectivity index (χ1v) is 7.24. The molecule has 1 rings (SSSR count). The summed E-state index contributed by atoms with van der Waals surface area (Å²) in [4.78, 5) is 13.9. The maximum atomic E-state index is 11.8. The fourth-order valence-electron chi connectivity index (χ4n) is 1.84. The highest BCUT2D eigenvalue weighted by Crippen LogP contribution is 2.22. The van der Waals surface area contributed by atoms with Crippen LogP contribution in [0.3, 0.4) is 0 Å². The van der Waals surface area contributed by atoms with Gasteiger partial charge in [-0.1, -0.05) is 11.6 Å². The third kappa shape index (κ3) is 6.03. The van der Waals surface area contributed by atoms with Crippen molar-refractivity contribution in [2.45, 2.75) is 32.2 Å². The number of nitrogens with zero attached hydrogens (tertiary/aromatic N) is 2. The highest BCUT2D eigenvalue weighted by atomic mass is 35.5. The van der Waals surface area contributed by atoms with Crippen molar-refractivity contribution in [3.05, 3.63) is 23.2 Å². The Morgan fingerprint density at radius 3 is 2.90 bits per heavy atom. The van der Waals surface area contributed by atoms with Crippen LogP contribution < -0.4 is 11.1 Å². The molecule has 1 amide bonds. The van der Waals surface area contributed by atoms with Crippen LogP contribution in [0.4, 0.5) is 11.4 Å². The summed E-state index contributed by atoms with van der Waals surface area (Å²) in [6.45, 7) is 2.78. The third-order valence-corrected chi connectivity index (χ3v) is 3.68. The minimum atomic E-state index is -0.0574. The molecule has 0 saturated carbocycles. The number of amides is 1. The SMILES string of the molecule is CC(CC#N)N(C)CCCC(=O)Nc1ccc(Cl)c(N)c1. The smallest absolute Gasteiger partial charge is 0.224 e. The van der Waals surface area contributed by atoms with E-state index < -0.39 is 0 Å². The van der Waals surface area contributed by atoms with Gasteiger partial charge >= 0.3 is 0 Å². The van der Waals surface area contributed by atoms with Crippen molar-refractivity contribution < 1.29 is 4.79 Å². The first kappa shape index (κ1) is 17.3. The molecular weight excluding hydrogens is 288 g/mol. The Hall–Kier alpha value is -1.77. The molecule has 3 N–H and O–H groups in total. The number of carbonyl (C=O) groups excluding carboxylic acids is 1. The Bertz CT molecular complexity index is 527. The topological polar surface area (TPSA) is 82.2 Å². The van der Waals surface area contributed by atoms with Gasteiger partial charge in [0.05, 0.1) is 23.2 Å². The Morgan fingerprint density at radius 1 is 1.57 bits per heavy atom. The first-order valence-electron chi connectivity index (χ1n) is 6.86. The lowest BCUT2D eigenvalue weighted by molar-refractivity contribution is -0.116. The van der Waals surface area contributed by atoms with Crippen LogP contribution in [0.25, 0.3) is 0 Å². The minimum Gasteiger partial charge on any atom is -0.397 e. The van der Waals surface area contributed by atoms with Crippen molar-refractivity contribution in [2.24, 2.45) is 0 Å². The number of benzene rings is 1. The number of anilines is 2. The van der Waals surface area contributed by atoms with E-state index in [9.17, 15) is 4.79 Å². The molecule has 0 heterocycles. The molecule has 21 heavy (non-hydrogen) atoms. The van der Waals surface area contributed by atoms with Crippen LogP contribution in [0.5, 0.6) is 0 Å². The molecule has 0 radical (unpaired) electrons. The number of rotatable bonds is 7. The van der Waals surface area contributed by atoms with Crippen LogP contribution in [0.1, 0.15) is 26.2 Å². The largest absolute Gasteiger partial charge is 0.397 e. The third-order valence-electron chi connectivity index (χ3n) is 3.33. The predicted octanol–water partition coefficient (Wildman–Crippen LogP) is 2.87. The molecule has 1 aromatic carbocycles. The van der Waals surface area contributed by atoms with Gasteiger partial charge in [0.15, 0.2) is 0 Å². The number of nitriles is 1. The number of nitrogens with two attached hydrogens (primary N) is 1. The van der Waals surface area contributed by atoms with Crippen LogP contribution in [0.15, 0.2) is 18.2 Å². The van der Waals surface area contributed by atoms with Crippen LogP contribution in [0.2, 0.25) is 5.02 Å². The van der Waals surface area contributed by atoms with Gasteiger partial charge in [-0.3, -0.25) is 4.79 Å². The average molecular weight is 309 g/mol. The van der Waals surface area contributed by atoms with Gasteiger partial charge in [-0.25, -0.2) is 0 Å². The summed E-state index contributed by atoms with van der Waals surface area (Å²) >= 11 is 5.82. The van der Waals surface area contributed by atoms with Crippen LogP contribution in [0, 0.1) is 11.3 Å². The lowest BCUT2D eigenvalue weighted by atomic mass is 10.2. The minimum absolute atomic E-state index is 0.0574. The highest BCUT2D eigenvalue weighted by molar-refractivity contribution is 6.33. The van der Waals surface area contributed by atoms with E-state index in [1.165, 1.54) is 0 Å². The van der Waals surface area contributed by atoms with E-state index in [1.54, 1.807) is 18.2 Å². The molecule has 0 aliphatic carbocycles. The molecule has 6 heteroatoms. The molecule has 0 aromatic heterocycles. The van der Waals surface area contributed by atoms with E-state index in [0.29, 0.717) is 29.2 Å². The van der Waals surface area contributed by atoms with E-state index in [0.717, 1.165) is 13.0 Å². The Balaban J connectivity index is 2.34. The molecule has 1 aromatic rings. The standard InChI is InChI=1S/C15H21ClN4O/c1-11(7-8-17)20(2)9-3-4-15(21)19-12-5-6-13(16)14(18)10-12/h5-6,10-11H,3-4,7,9,18H2,1-2H3,(H,19,21). The number of hydrogen-bond donors (Lipinski definition) is 2. The highest BCUT2D eigenvalue weighted by Gasteiger charge is 2.09. The van der Waals surface area contributed by atoms with Crippen molar-refractivity contribution >= 4 is 28.9 Å². The zero-order valence-electron chi connectivity index (χ0n) is 12.4. The lowest BCUT2D eigenvalue weighted by Gasteiger charge is -2.22. The molecule has 5 nitrogen and oxygen atoms in total. The van der Waals surface area contributed by atoms with Gasteiger partial charge in [-0.05, 0) is 45.1 Å². The van der Waals surface area contributed by atoms with Gasteiger partial charge in [0.1, 0.15) is 0 Å². The molecule has 1 atom stereocenters. The Labute approximate surface area is 130 Å². The summed E-state index contributed by atoms with van der Waals surface area (Å²) < 4.78 is 0. The number of nitrogens with one attached hydrogen (secondary N) is 1. The van der Waals surface area contributed by atoms with Gasteiger partial charge in [0, 0.05) is 18.2 Å². The number of nitrogen functional groups attached to an aromatic ring is 1. The summed E-state index contributed by atoms with van der Waals surface area (Å²) in [6, 6.07) is 7.37. The molecule has 0 spiro atoms. The summed E-state index contributed by atoms with van der Waals surface area (Å²) in [6.07, 6.45) is 1.65. The average Bonchev–Trinajstić information content (AvgIpc) is 2.43. The van der Waals surface area contributed by atoms with Crippen molar-refractivity contribution in [3.63, 3.8) is 0 Å². The quantitative estimate of drug-likeness (QED) is 0.759. The van der Waals surface area contributed by atoms with Gasteiger partial charge in [0.25, 0.3) is 0 Å². The molecule has 114 valence electrons. The fourth-order valence-corrected chi connectivity index (χ4v) is 1.96. The van der Waals surface area contributed by atoms with E-state index in [1.807, 2.05) is 14.0 Å². The van der Waals surface area contributed by atoms with Crippen LogP contribution in [-0.2, 0) is 4.79 Å². The molecule has 0 fully saturated rings. The zero-order valence-corrected chi connectivity index (χ0v) is 13.2. The summed E-state index contributed by atoms with van der Waals surface area (Å²) in [5, 5.41) is 11.9. The molecule has 0 aliphatic heterocycles. The second-order valence-electron chi connectivity index (χ2n) is 5.08. The summed E-state index contributed by atoms with van der Waals surface area (Å²) in [7, 11) is 1.96. The molecular formula is C15H21ClN4O. The second-order valence-corrected chi connectivity index (χ2v) is 5.49. The van der Waals surface area contributed by atoms with E-state index in [4.69, 9.17) is 22.6 Å². The summed E-state index contributed by atoms with van der Waals surface area (Å²) in [5.41, 5.74) is 6.77. The van der Waals surface area contributed by atoms with Crippen molar-refractivity contribution in [1.29, 1.82) is 5.26 Å². The maximum Gasteiger partial charge on any atom is 0.224 e. The molecule has 1 unspecified atom stereocenters. The predicted molar refractivity (Wildman–Crippen MR) is 86.1 cm³/mol. The molecule has 0 saturated heterocycles. The van der Waals surface area contributed by atoms with Gasteiger partial charge in [-0.2, -0.15) is 5.26 Å².